The summed E-state index contributed by atoms with van der Waals surface area (Å²) in [6.07, 6.45) is 3.61. The summed E-state index contributed by atoms with van der Waals surface area (Å²) >= 11 is 0. The molecule has 34 heavy (non-hydrogen) atoms. The summed E-state index contributed by atoms with van der Waals surface area (Å²) in [7, 11) is 1.60. The van der Waals surface area contributed by atoms with Gasteiger partial charge in [0.1, 0.15) is 17.2 Å². The van der Waals surface area contributed by atoms with Crippen molar-refractivity contribution >= 4 is 28.7 Å². The number of esters is 1. The fourth-order valence-corrected chi connectivity index (χ4v) is 4.55. The molecule has 0 unspecified atom stereocenters. The average molecular weight is 449 g/mol. The second kappa shape index (κ2) is 7.85. The predicted molar refractivity (Wildman–Crippen MR) is 126 cm³/mol. The highest BCUT2D eigenvalue weighted by Gasteiger charge is 2.38. The Kier molecular flexibility index (Phi) is 4.66. The number of ketones is 1. The lowest BCUT2D eigenvalue weighted by molar-refractivity contribution is -0.135. The minimum atomic E-state index is -0.318. The molecule has 3 heterocycles. The van der Waals surface area contributed by atoms with Gasteiger partial charge in [-0.1, -0.05) is 24.3 Å². The van der Waals surface area contributed by atoms with Crippen LogP contribution in [0.4, 0.5) is 0 Å². The van der Waals surface area contributed by atoms with Crippen LogP contribution in [-0.4, -0.2) is 23.8 Å². The molecule has 1 atom stereocenters. The normalized spacial score (nSPS) is 17.8. The molecule has 0 fully saturated rings. The number of hydrogen-bond acceptors (Lipinski definition) is 6. The van der Waals surface area contributed by atoms with Gasteiger partial charge in [0, 0.05) is 23.1 Å². The smallest absolute Gasteiger partial charge is 0.312 e. The number of carbonyl (C=O) groups is 2. The molecule has 0 aliphatic carbocycles. The highest BCUT2D eigenvalue weighted by atomic mass is 16.5. The first kappa shape index (κ1) is 20.2. The molecule has 3 aromatic carbocycles. The van der Waals surface area contributed by atoms with E-state index in [1.807, 2.05) is 54.6 Å². The van der Waals surface area contributed by atoms with Crippen molar-refractivity contribution in [1.29, 1.82) is 0 Å². The third-order valence-corrected chi connectivity index (χ3v) is 6.22. The summed E-state index contributed by atoms with van der Waals surface area (Å²) in [6.45, 7) is 0. The zero-order chi connectivity index (χ0) is 23.2. The molecule has 4 aromatic rings. The molecule has 0 spiro atoms. The second-order valence-electron chi connectivity index (χ2n) is 8.25. The molecular weight excluding hydrogens is 430 g/mol. The zero-order valence-corrected chi connectivity index (χ0v) is 18.3. The van der Waals surface area contributed by atoms with Gasteiger partial charge in [0.15, 0.2) is 5.76 Å². The lowest BCUT2D eigenvalue weighted by Gasteiger charge is -2.26. The van der Waals surface area contributed by atoms with Crippen molar-refractivity contribution in [3.8, 4) is 17.2 Å². The van der Waals surface area contributed by atoms with Crippen LogP contribution in [0.3, 0.4) is 0 Å². The molecule has 2 aliphatic rings. The third kappa shape index (κ3) is 3.31. The van der Waals surface area contributed by atoms with Gasteiger partial charge in [-0.3, -0.25) is 14.6 Å². The Bertz CT molecular complexity index is 1500. The number of hydrogen-bond donors (Lipinski definition) is 0. The van der Waals surface area contributed by atoms with E-state index in [4.69, 9.17) is 14.2 Å². The van der Waals surface area contributed by atoms with Crippen LogP contribution in [0.25, 0.3) is 17.0 Å². The van der Waals surface area contributed by atoms with E-state index in [2.05, 4.69) is 4.98 Å². The van der Waals surface area contributed by atoms with Crippen molar-refractivity contribution in [2.45, 2.75) is 12.3 Å². The van der Waals surface area contributed by atoms with Crippen LogP contribution in [0.1, 0.15) is 39.4 Å². The number of benzene rings is 3. The number of rotatable bonds is 3. The maximum Gasteiger partial charge on any atom is 0.312 e. The fourth-order valence-electron chi connectivity index (χ4n) is 4.55. The monoisotopic (exact) mass is 449 g/mol. The van der Waals surface area contributed by atoms with Gasteiger partial charge >= 0.3 is 5.97 Å². The predicted octanol–water partition coefficient (Wildman–Crippen LogP) is 5.30. The van der Waals surface area contributed by atoms with Gasteiger partial charge in [-0.05, 0) is 59.7 Å². The van der Waals surface area contributed by atoms with Gasteiger partial charge in [0.05, 0.1) is 24.6 Å². The minimum absolute atomic E-state index is 0.157. The van der Waals surface area contributed by atoms with Crippen LogP contribution >= 0.6 is 0 Å². The van der Waals surface area contributed by atoms with Crippen LogP contribution in [0, 0.1) is 0 Å². The van der Waals surface area contributed by atoms with Crippen molar-refractivity contribution in [2.75, 3.05) is 7.11 Å². The third-order valence-electron chi connectivity index (χ3n) is 6.22. The van der Waals surface area contributed by atoms with E-state index in [0.717, 1.165) is 27.8 Å². The molecule has 6 heteroatoms. The van der Waals surface area contributed by atoms with Crippen LogP contribution in [0.5, 0.6) is 17.2 Å². The Morgan fingerprint density at radius 3 is 2.68 bits per heavy atom. The summed E-state index contributed by atoms with van der Waals surface area (Å²) in [5.41, 5.74) is 3.81. The maximum atomic E-state index is 13.2. The Morgan fingerprint density at radius 1 is 1.00 bits per heavy atom. The molecule has 2 aliphatic heterocycles. The summed E-state index contributed by atoms with van der Waals surface area (Å²) in [5.74, 6) is 1.01. The molecule has 6 rings (SSSR count). The highest BCUT2D eigenvalue weighted by Crippen LogP contribution is 2.49. The number of ether oxygens (including phenoxy) is 3. The van der Waals surface area contributed by atoms with Crippen LogP contribution in [0.15, 0.2) is 78.7 Å². The molecule has 0 N–H and O–H groups in total. The number of Topliss-reactive ketones (excluding diaryl/α,β-unsaturated/α-hetero) is 1. The zero-order valence-electron chi connectivity index (χ0n) is 18.3. The standard InChI is InChI=1S/C28H19NO5/c1-32-19-7-4-16(5-8-19)13-24-27(31)20-9-11-23-26(28(20)34-24)21(15-25(30)33-23)17-6-10-22-18(14-17)3-2-12-29-22/h2-14,21H,15H2,1H3/b24-13-/t21-/m1/s1. The second-order valence-corrected chi connectivity index (χ2v) is 8.25. The van der Waals surface area contributed by atoms with Gasteiger partial charge in [-0.25, -0.2) is 0 Å². The number of pyridine rings is 1. The van der Waals surface area contributed by atoms with Gasteiger partial charge in [-0.2, -0.15) is 0 Å². The number of aromatic nitrogens is 1. The van der Waals surface area contributed by atoms with E-state index in [1.165, 1.54) is 0 Å². The lowest BCUT2D eigenvalue weighted by atomic mass is 9.84. The van der Waals surface area contributed by atoms with Gasteiger partial charge < -0.3 is 14.2 Å². The van der Waals surface area contributed by atoms with Gasteiger partial charge in [0.2, 0.25) is 5.78 Å². The molecule has 0 saturated heterocycles. The Hall–Kier alpha value is -4.45. The Labute approximate surface area is 195 Å². The first-order valence-corrected chi connectivity index (χ1v) is 10.9. The van der Waals surface area contributed by atoms with Crippen molar-refractivity contribution in [3.63, 3.8) is 0 Å². The molecular formula is C28H19NO5. The lowest BCUT2D eigenvalue weighted by Crippen LogP contribution is -2.21. The molecule has 0 saturated carbocycles. The van der Waals surface area contributed by atoms with E-state index >= 15 is 0 Å². The number of fused-ring (bicyclic) bond motifs is 4. The first-order chi connectivity index (χ1) is 16.6. The topological polar surface area (TPSA) is 74.7 Å². The van der Waals surface area contributed by atoms with Crippen LogP contribution < -0.4 is 14.2 Å². The van der Waals surface area contributed by atoms with Crippen molar-refractivity contribution < 1.29 is 23.8 Å². The Balaban J connectivity index is 1.44. The summed E-state index contributed by atoms with van der Waals surface area (Å²) in [4.78, 5) is 30.0. The van der Waals surface area contributed by atoms with E-state index in [0.29, 0.717) is 22.6 Å². The van der Waals surface area contributed by atoms with Crippen LogP contribution in [0.2, 0.25) is 0 Å². The number of carbonyl (C=O) groups excluding carboxylic acids is 2. The number of nitrogens with zero attached hydrogens (tertiary/aromatic N) is 1. The molecule has 0 amide bonds. The van der Waals surface area contributed by atoms with E-state index in [-0.39, 0.29) is 29.9 Å². The van der Waals surface area contributed by atoms with E-state index in [9.17, 15) is 9.59 Å². The van der Waals surface area contributed by atoms with E-state index in [1.54, 1.807) is 31.5 Å². The van der Waals surface area contributed by atoms with Gasteiger partial charge in [-0.15, -0.1) is 0 Å². The first-order valence-electron chi connectivity index (χ1n) is 10.9. The summed E-state index contributed by atoms with van der Waals surface area (Å²) < 4.78 is 16.9. The molecule has 6 nitrogen and oxygen atoms in total. The number of methoxy groups -OCH3 is 1. The average Bonchev–Trinajstić information content (AvgIpc) is 3.18. The summed E-state index contributed by atoms with van der Waals surface area (Å²) in [6, 6.07) is 20.5. The highest BCUT2D eigenvalue weighted by molar-refractivity contribution is 6.15. The largest absolute Gasteiger partial charge is 0.497 e. The summed E-state index contributed by atoms with van der Waals surface area (Å²) in [5, 5.41) is 0.977. The maximum absolute atomic E-state index is 13.2. The molecule has 166 valence electrons. The van der Waals surface area contributed by atoms with Crippen molar-refractivity contribution in [2.24, 2.45) is 0 Å². The number of allylic oxidation sites excluding steroid dienone is 1. The SMILES string of the molecule is COc1ccc(/C=C2\Oc3c(ccc4c3[C@@H](c3ccc5ncccc5c3)CC(=O)O4)C2=O)cc1. The van der Waals surface area contributed by atoms with Crippen LogP contribution in [-0.2, 0) is 4.79 Å². The van der Waals surface area contributed by atoms with E-state index < -0.39 is 0 Å². The molecule has 1 aromatic heterocycles. The molecule has 0 bridgehead atoms. The molecule has 0 radical (unpaired) electrons. The fraction of sp³-hybridized carbons (Fsp3) is 0.107. The van der Waals surface area contributed by atoms with Crippen molar-refractivity contribution in [3.05, 3.63) is 101 Å². The van der Waals surface area contributed by atoms with Crippen molar-refractivity contribution in [1.82, 2.24) is 4.98 Å². The van der Waals surface area contributed by atoms with Gasteiger partial charge in [0.25, 0.3) is 0 Å². The quantitative estimate of drug-likeness (QED) is 0.240. The Morgan fingerprint density at radius 2 is 1.85 bits per heavy atom. The minimum Gasteiger partial charge on any atom is -0.497 e.